The molecular formula is C52H98NO7P. The number of unbranched alkanes of at least 4 members (excludes halogenated alkanes) is 28. The molecule has 0 rings (SSSR count). The molecule has 0 spiro atoms. The minimum Gasteiger partial charge on any atom is -0.457 e. The van der Waals surface area contributed by atoms with E-state index in [4.69, 9.17) is 24.3 Å². The van der Waals surface area contributed by atoms with E-state index >= 15 is 0 Å². The van der Waals surface area contributed by atoms with Crippen LogP contribution in [0.5, 0.6) is 0 Å². The van der Waals surface area contributed by atoms with Gasteiger partial charge in [0.1, 0.15) is 6.10 Å². The molecule has 0 saturated heterocycles. The number of carbonyl (C=O) groups excluding carboxylic acids is 1. The van der Waals surface area contributed by atoms with E-state index < -0.39 is 13.9 Å². The molecule has 9 heteroatoms. The SMILES string of the molecule is CC/C=C\C/C=C\C/C=C\C/C=C\CCCCCCCCCCCCCCCOCC(COP(=O)(O)OCCN)OC(=O)CCCCCCCCCCCCCCCCCC. The summed E-state index contributed by atoms with van der Waals surface area (Å²) >= 11 is 0. The maximum absolute atomic E-state index is 12.6. The fourth-order valence-corrected chi connectivity index (χ4v) is 8.05. The smallest absolute Gasteiger partial charge is 0.457 e. The van der Waals surface area contributed by atoms with Gasteiger partial charge in [0.15, 0.2) is 0 Å². The zero-order valence-electron chi connectivity index (χ0n) is 39.9. The van der Waals surface area contributed by atoms with Crippen molar-refractivity contribution < 1.29 is 32.8 Å². The van der Waals surface area contributed by atoms with Crippen LogP contribution in [-0.2, 0) is 27.9 Å². The summed E-state index contributed by atoms with van der Waals surface area (Å²) < 4.78 is 33.6. The van der Waals surface area contributed by atoms with Gasteiger partial charge < -0.3 is 20.1 Å². The van der Waals surface area contributed by atoms with Crippen LogP contribution in [0.25, 0.3) is 0 Å². The zero-order valence-corrected chi connectivity index (χ0v) is 40.8. The van der Waals surface area contributed by atoms with Crippen LogP contribution >= 0.6 is 7.82 Å². The predicted octanol–water partition coefficient (Wildman–Crippen LogP) is 15.9. The number of rotatable bonds is 49. The van der Waals surface area contributed by atoms with Gasteiger partial charge in [-0.15, -0.1) is 0 Å². The van der Waals surface area contributed by atoms with Crippen molar-refractivity contribution in [1.82, 2.24) is 0 Å². The predicted molar refractivity (Wildman–Crippen MR) is 261 cm³/mol. The molecule has 0 aliphatic carbocycles. The van der Waals surface area contributed by atoms with Gasteiger partial charge in [0.05, 0.1) is 19.8 Å². The third-order valence-corrected chi connectivity index (χ3v) is 12.0. The van der Waals surface area contributed by atoms with Gasteiger partial charge in [0, 0.05) is 19.6 Å². The Morgan fingerprint density at radius 1 is 0.508 bits per heavy atom. The number of hydrogen-bond donors (Lipinski definition) is 2. The minimum atomic E-state index is -4.28. The van der Waals surface area contributed by atoms with E-state index in [1.807, 2.05) is 0 Å². The highest BCUT2D eigenvalue weighted by atomic mass is 31.2. The Hall–Kier alpha value is -1.54. The fraction of sp³-hybridized carbons (Fsp3) is 0.827. The largest absolute Gasteiger partial charge is 0.472 e. The molecule has 0 aromatic rings. The van der Waals surface area contributed by atoms with E-state index in [2.05, 4.69) is 62.5 Å². The van der Waals surface area contributed by atoms with Crippen molar-refractivity contribution in [2.45, 2.75) is 245 Å². The summed E-state index contributed by atoms with van der Waals surface area (Å²) in [7, 11) is -4.28. The van der Waals surface area contributed by atoms with Crippen LogP contribution in [0.15, 0.2) is 48.6 Å². The summed E-state index contributed by atoms with van der Waals surface area (Å²) in [5, 5.41) is 0. The van der Waals surface area contributed by atoms with E-state index in [0.29, 0.717) is 13.0 Å². The molecule has 3 N–H and O–H groups in total. The third kappa shape index (κ3) is 49.3. The fourth-order valence-electron chi connectivity index (χ4n) is 7.28. The van der Waals surface area contributed by atoms with Crippen molar-refractivity contribution in [3.63, 3.8) is 0 Å². The number of esters is 1. The lowest BCUT2D eigenvalue weighted by Gasteiger charge is -2.20. The maximum Gasteiger partial charge on any atom is 0.472 e. The average molecular weight is 880 g/mol. The third-order valence-electron chi connectivity index (χ3n) is 11.0. The zero-order chi connectivity index (χ0) is 44.4. The van der Waals surface area contributed by atoms with Crippen molar-refractivity contribution in [3.05, 3.63) is 48.6 Å². The molecule has 0 radical (unpaired) electrons. The molecule has 2 unspecified atom stereocenters. The second-order valence-electron chi connectivity index (χ2n) is 17.0. The van der Waals surface area contributed by atoms with Crippen molar-refractivity contribution in [2.24, 2.45) is 5.73 Å². The standard InChI is InChI=1S/C52H98NO7P/c1-3-5-7-9-11-13-15-17-19-21-22-23-24-25-26-27-28-29-30-32-34-36-38-40-42-44-47-57-49-51(50-59-61(55,56)58-48-46-53)60-52(54)45-43-41-39-37-35-33-31-20-18-16-14-12-10-8-6-4-2/h5,7,11,13,17,19,22-23,51H,3-4,6,8-10,12,14-16,18,20-21,24-50,53H2,1-2H3,(H,55,56)/b7-5-,13-11-,19-17-,23-22-. The number of ether oxygens (including phenoxy) is 2. The van der Waals surface area contributed by atoms with Gasteiger partial charge in [0.25, 0.3) is 0 Å². The minimum absolute atomic E-state index is 0.0946. The summed E-state index contributed by atoms with van der Waals surface area (Å²) in [5.41, 5.74) is 5.39. The van der Waals surface area contributed by atoms with E-state index in [0.717, 1.165) is 57.8 Å². The number of nitrogens with two attached hydrogens (primary N) is 1. The molecule has 0 aliphatic rings. The Kier molecular flexibility index (Phi) is 48.2. The summed E-state index contributed by atoms with van der Waals surface area (Å²) in [6.45, 7) is 4.85. The number of allylic oxidation sites excluding steroid dienone is 8. The van der Waals surface area contributed by atoms with Gasteiger partial charge >= 0.3 is 13.8 Å². The van der Waals surface area contributed by atoms with Gasteiger partial charge in [-0.05, 0) is 51.4 Å². The molecule has 2 atom stereocenters. The van der Waals surface area contributed by atoms with Crippen LogP contribution in [0.3, 0.4) is 0 Å². The van der Waals surface area contributed by atoms with E-state index in [1.165, 1.54) is 161 Å². The first-order valence-electron chi connectivity index (χ1n) is 25.6. The highest BCUT2D eigenvalue weighted by molar-refractivity contribution is 7.47. The molecule has 0 aromatic carbocycles. The molecule has 0 aromatic heterocycles. The Balaban J connectivity index is 3.89. The summed E-state index contributed by atoms with van der Waals surface area (Å²) in [6, 6.07) is 0. The summed E-state index contributed by atoms with van der Waals surface area (Å²) in [6.07, 6.45) is 60.0. The number of carbonyl (C=O) groups is 1. The lowest BCUT2D eigenvalue weighted by atomic mass is 10.0. The monoisotopic (exact) mass is 880 g/mol. The lowest BCUT2D eigenvalue weighted by molar-refractivity contribution is -0.154. The van der Waals surface area contributed by atoms with Gasteiger partial charge in [-0.2, -0.15) is 0 Å². The second kappa shape index (κ2) is 49.5. The Morgan fingerprint density at radius 2 is 0.918 bits per heavy atom. The number of hydrogen-bond acceptors (Lipinski definition) is 7. The molecule has 61 heavy (non-hydrogen) atoms. The summed E-state index contributed by atoms with van der Waals surface area (Å²) in [4.78, 5) is 22.6. The lowest BCUT2D eigenvalue weighted by Crippen LogP contribution is -2.28. The van der Waals surface area contributed by atoms with Crippen LogP contribution < -0.4 is 5.73 Å². The highest BCUT2D eigenvalue weighted by Crippen LogP contribution is 2.43. The maximum atomic E-state index is 12.6. The van der Waals surface area contributed by atoms with E-state index in [9.17, 15) is 14.3 Å². The molecule has 8 nitrogen and oxygen atoms in total. The molecule has 0 saturated carbocycles. The second-order valence-corrected chi connectivity index (χ2v) is 18.5. The van der Waals surface area contributed by atoms with Crippen molar-refractivity contribution in [3.8, 4) is 0 Å². The molecule has 0 heterocycles. The van der Waals surface area contributed by atoms with Gasteiger partial charge in [-0.3, -0.25) is 13.8 Å². The molecule has 0 bridgehead atoms. The first-order chi connectivity index (χ1) is 29.9. The molecule has 0 amide bonds. The molecule has 0 fully saturated rings. The topological polar surface area (TPSA) is 117 Å². The van der Waals surface area contributed by atoms with Gasteiger partial charge in [0.2, 0.25) is 0 Å². The first-order valence-corrected chi connectivity index (χ1v) is 27.1. The van der Waals surface area contributed by atoms with Crippen LogP contribution in [0.2, 0.25) is 0 Å². The average Bonchev–Trinajstić information content (AvgIpc) is 3.25. The van der Waals surface area contributed by atoms with Crippen LogP contribution in [-0.4, -0.2) is 49.9 Å². The normalized spacial score (nSPS) is 13.7. The molecule has 358 valence electrons. The Labute approximate surface area is 377 Å². The van der Waals surface area contributed by atoms with E-state index in [-0.39, 0.29) is 32.3 Å². The van der Waals surface area contributed by atoms with Crippen molar-refractivity contribution >= 4 is 13.8 Å². The number of phosphoric acid groups is 1. The first kappa shape index (κ1) is 59.5. The van der Waals surface area contributed by atoms with Crippen LogP contribution in [0.1, 0.15) is 239 Å². The van der Waals surface area contributed by atoms with Gasteiger partial charge in [-0.1, -0.05) is 229 Å². The molecular weight excluding hydrogens is 782 g/mol. The summed E-state index contributed by atoms with van der Waals surface area (Å²) in [5.74, 6) is -0.327. The Morgan fingerprint density at radius 3 is 1.38 bits per heavy atom. The number of phosphoric ester groups is 1. The van der Waals surface area contributed by atoms with E-state index in [1.54, 1.807) is 0 Å². The Bertz CT molecular complexity index is 1080. The van der Waals surface area contributed by atoms with Crippen LogP contribution in [0.4, 0.5) is 0 Å². The van der Waals surface area contributed by atoms with Gasteiger partial charge in [-0.25, -0.2) is 4.57 Å². The van der Waals surface area contributed by atoms with Crippen molar-refractivity contribution in [1.29, 1.82) is 0 Å². The highest BCUT2D eigenvalue weighted by Gasteiger charge is 2.25. The molecule has 0 aliphatic heterocycles. The van der Waals surface area contributed by atoms with Crippen LogP contribution in [0, 0.1) is 0 Å². The quantitative estimate of drug-likeness (QED) is 0.0269. The van der Waals surface area contributed by atoms with Crippen molar-refractivity contribution in [2.75, 3.05) is 33.0 Å².